The summed E-state index contributed by atoms with van der Waals surface area (Å²) in [4.78, 5) is 34.5. The SMILES string of the molecule is CN1CCC(N(C)C(=O)C2CCN(C3CCN(C(=O)c4ccc(F)cc4)CC3)CC2)CC1. The van der Waals surface area contributed by atoms with Crippen LogP contribution >= 0.6 is 0 Å². The van der Waals surface area contributed by atoms with Gasteiger partial charge in [0.15, 0.2) is 0 Å². The molecule has 32 heavy (non-hydrogen) atoms. The lowest BCUT2D eigenvalue weighted by molar-refractivity contribution is -0.139. The van der Waals surface area contributed by atoms with Gasteiger partial charge in [0.05, 0.1) is 0 Å². The molecule has 6 nitrogen and oxygen atoms in total. The Labute approximate surface area is 191 Å². The van der Waals surface area contributed by atoms with Crippen molar-refractivity contribution in [2.75, 3.05) is 53.4 Å². The van der Waals surface area contributed by atoms with Crippen molar-refractivity contribution < 1.29 is 14.0 Å². The first-order chi connectivity index (χ1) is 15.4. The Morgan fingerprint density at radius 3 is 2.06 bits per heavy atom. The van der Waals surface area contributed by atoms with Crippen molar-refractivity contribution in [3.63, 3.8) is 0 Å². The molecule has 0 radical (unpaired) electrons. The van der Waals surface area contributed by atoms with Gasteiger partial charge < -0.3 is 19.6 Å². The van der Waals surface area contributed by atoms with Crippen LogP contribution in [0.3, 0.4) is 0 Å². The fourth-order valence-corrected chi connectivity index (χ4v) is 5.57. The van der Waals surface area contributed by atoms with Crippen LogP contribution in [0.15, 0.2) is 24.3 Å². The minimum atomic E-state index is -0.320. The number of hydrogen-bond acceptors (Lipinski definition) is 4. The molecule has 0 atom stereocenters. The fourth-order valence-electron chi connectivity index (χ4n) is 5.57. The predicted molar refractivity (Wildman–Crippen MR) is 123 cm³/mol. The largest absolute Gasteiger partial charge is 0.342 e. The van der Waals surface area contributed by atoms with Crippen LogP contribution in [0.2, 0.25) is 0 Å². The quantitative estimate of drug-likeness (QED) is 0.717. The van der Waals surface area contributed by atoms with Crippen molar-refractivity contribution in [1.82, 2.24) is 19.6 Å². The first-order valence-electron chi connectivity index (χ1n) is 12.2. The maximum atomic E-state index is 13.1. The molecule has 3 aliphatic heterocycles. The van der Waals surface area contributed by atoms with Crippen LogP contribution in [0.5, 0.6) is 0 Å². The van der Waals surface area contributed by atoms with E-state index in [0.29, 0.717) is 23.6 Å². The Bertz CT molecular complexity index is 778. The summed E-state index contributed by atoms with van der Waals surface area (Å²) in [6, 6.07) is 6.68. The van der Waals surface area contributed by atoms with E-state index in [9.17, 15) is 14.0 Å². The Balaban J connectivity index is 1.21. The van der Waals surface area contributed by atoms with Crippen LogP contribution in [0.25, 0.3) is 0 Å². The molecule has 0 aliphatic carbocycles. The highest BCUT2D eigenvalue weighted by atomic mass is 19.1. The van der Waals surface area contributed by atoms with Gasteiger partial charge >= 0.3 is 0 Å². The summed E-state index contributed by atoms with van der Waals surface area (Å²) < 4.78 is 13.1. The van der Waals surface area contributed by atoms with Gasteiger partial charge in [-0.15, -0.1) is 0 Å². The molecule has 0 spiro atoms. The summed E-state index contributed by atoms with van der Waals surface area (Å²) in [6.07, 6.45) is 5.94. The number of rotatable bonds is 4. The third-order valence-electron chi connectivity index (χ3n) is 7.82. The monoisotopic (exact) mass is 444 g/mol. The van der Waals surface area contributed by atoms with Crippen LogP contribution in [0.1, 0.15) is 48.9 Å². The lowest BCUT2D eigenvalue weighted by atomic mass is 9.91. The molecule has 1 aromatic carbocycles. The molecule has 176 valence electrons. The molecule has 4 rings (SSSR count). The van der Waals surface area contributed by atoms with Gasteiger partial charge in [-0.1, -0.05) is 0 Å². The average Bonchev–Trinajstić information content (AvgIpc) is 2.84. The predicted octanol–water partition coefficient (Wildman–Crippen LogP) is 2.69. The molecular weight excluding hydrogens is 407 g/mol. The minimum Gasteiger partial charge on any atom is -0.342 e. The zero-order valence-electron chi connectivity index (χ0n) is 19.5. The first-order valence-corrected chi connectivity index (χ1v) is 12.2. The zero-order valence-corrected chi connectivity index (χ0v) is 19.5. The summed E-state index contributed by atoms with van der Waals surface area (Å²) in [6.45, 7) is 5.55. The lowest BCUT2D eigenvalue weighted by Gasteiger charge is -2.43. The Morgan fingerprint density at radius 1 is 0.875 bits per heavy atom. The molecule has 1 aromatic rings. The van der Waals surface area contributed by atoms with E-state index in [2.05, 4.69) is 16.8 Å². The fraction of sp³-hybridized carbons (Fsp3) is 0.680. The van der Waals surface area contributed by atoms with Gasteiger partial charge in [-0.2, -0.15) is 0 Å². The van der Waals surface area contributed by atoms with Crippen molar-refractivity contribution in [2.24, 2.45) is 5.92 Å². The number of piperidine rings is 3. The Kier molecular flexibility index (Phi) is 7.46. The van der Waals surface area contributed by atoms with Crippen molar-refractivity contribution in [3.8, 4) is 0 Å². The second kappa shape index (κ2) is 10.3. The van der Waals surface area contributed by atoms with E-state index in [1.807, 2.05) is 16.8 Å². The summed E-state index contributed by atoms with van der Waals surface area (Å²) in [5.74, 6) is 0.152. The van der Waals surface area contributed by atoms with Gasteiger partial charge in [-0.25, -0.2) is 4.39 Å². The van der Waals surface area contributed by atoms with Gasteiger partial charge in [0.25, 0.3) is 5.91 Å². The van der Waals surface area contributed by atoms with Crippen molar-refractivity contribution in [1.29, 1.82) is 0 Å². The second-order valence-corrected chi connectivity index (χ2v) is 9.82. The van der Waals surface area contributed by atoms with Gasteiger partial charge in [0.1, 0.15) is 5.82 Å². The van der Waals surface area contributed by atoms with Crippen LogP contribution in [-0.4, -0.2) is 96.9 Å². The topological polar surface area (TPSA) is 47.1 Å². The van der Waals surface area contributed by atoms with Crippen molar-refractivity contribution in [2.45, 2.75) is 50.6 Å². The van der Waals surface area contributed by atoms with E-state index in [1.165, 1.54) is 12.1 Å². The molecular formula is C25H37FN4O2. The highest BCUT2D eigenvalue weighted by Crippen LogP contribution is 2.27. The summed E-state index contributed by atoms with van der Waals surface area (Å²) in [7, 11) is 4.15. The number of carbonyl (C=O) groups excluding carboxylic acids is 2. The molecule has 3 fully saturated rings. The molecule has 3 aliphatic rings. The number of likely N-dealkylation sites (tertiary alicyclic amines) is 3. The van der Waals surface area contributed by atoms with Gasteiger partial charge in [-0.3, -0.25) is 9.59 Å². The van der Waals surface area contributed by atoms with E-state index in [-0.39, 0.29) is 17.6 Å². The van der Waals surface area contributed by atoms with E-state index in [1.54, 1.807) is 12.1 Å². The van der Waals surface area contributed by atoms with E-state index in [0.717, 1.165) is 77.8 Å². The van der Waals surface area contributed by atoms with Crippen LogP contribution in [-0.2, 0) is 4.79 Å². The smallest absolute Gasteiger partial charge is 0.253 e. The number of hydrogen-bond donors (Lipinski definition) is 0. The molecule has 3 heterocycles. The van der Waals surface area contributed by atoms with Crippen molar-refractivity contribution >= 4 is 11.8 Å². The number of halogens is 1. The summed E-state index contributed by atoms with van der Waals surface area (Å²) >= 11 is 0. The normalized spacial score (nSPS) is 22.8. The summed E-state index contributed by atoms with van der Waals surface area (Å²) in [5, 5.41) is 0. The van der Waals surface area contributed by atoms with E-state index >= 15 is 0 Å². The third kappa shape index (κ3) is 5.31. The molecule has 0 aromatic heterocycles. The van der Waals surface area contributed by atoms with E-state index < -0.39 is 0 Å². The van der Waals surface area contributed by atoms with E-state index in [4.69, 9.17) is 0 Å². The lowest BCUT2D eigenvalue weighted by Crippen LogP contribution is -2.51. The van der Waals surface area contributed by atoms with Crippen LogP contribution in [0.4, 0.5) is 4.39 Å². The minimum absolute atomic E-state index is 0.00954. The zero-order chi connectivity index (χ0) is 22.7. The molecule has 0 unspecified atom stereocenters. The number of benzene rings is 1. The molecule has 0 bridgehead atoms. The van der Waals surface area contributed by atoms with Crippen molar-refractivity contribution in [3.05, 3.63) is 35.6 Å². The molecule has 7 heteroatoms. The molecule has 2 amide bonds. The van der Waals surface area contributed by atoms with Gasteiger partial charge in [0, 0.05) is 43.7 Å². The maximum Gasteiger partial charge on any atom is 0.253 e. The standard InChI is InChI=1S/C25H37FN4O2/c1-27-13-9-22(10-14-27)28(2)24(31)20-7-15-29(16-8-20)23-11-17-30(18-12-23)25(32)19-3-5-21(26)6-4-19/h3-6,20,22-23H,7-18H2,1-2H3. The third-order valence-corrected chi connectivity index (χ3v) is 7.82. The molecule has 0 saturated carbocycles. The van der Waals surface area contributed by atoms with Gasteiger partial charge in [0.2, 0.25) is 5.91 Å². The maximum absolute atomic E-state index is 13.1. The Hall–Kier alpha value is -1.99. The summed E-state index contributed by atoms with van der Waals surface area (Å²) in [5.41, 5.74) is 0.554. The Morgan fingerprint density at radius 2 is 1.47 bits per heavy atom. The highest BCUT2D eigenvalue weighted by molar-refractivity contribution is 5.94. The second-order valence-electron chi connectivity index (χ2n) is 9.82. The number of nitrogens with zero attached hydrogens (tertiary/aromatic N) is 4. The van der Waals surface area contributed by atoms with Crippen LogP contribution in [0, 0.1) is 11.7 Å². The highest BCUT2D eigenvalue weighted by Gasteiger charge is 2.34. The first kappa shape index (κ1) is 23.2. The van der Waals surface area contributed by atoms with Gasteiger partial charge in [-0.05, 0) is 96.0 Å². The number of carbonyl (C=O) groups is 2. The van der Waals surface area contributed by atoms with Crippen LogP contribution < -0.4 is 0 Å². The molecule has 3 saturated heterocycles. The molecule has 0 N–H and O–H groups in total. The number of amides is 2. The average molecular weight is 445 g/mol.